The van der Waals surface area contributed by atoms with Gasteiger partial charge in [-0.15, -0.1) is 0 Å². The molecule has 0 saturated carbocycles. The molecule has 0 amide bonds. The fourth-order valence-electron chi connectivity index (χ4n) is 1.58. The molecule has 0 unspecified atom stereocenters. The summed E-state index contributed by atoms with van der Waals surface area (Å²) in [6.45, 7) is 0.692. The maximum Gasteiger partial charge on any atom is 0.419 e. The first kappa shape index (κ1) is 15.2. The van der Waals surface area contributed by atoms with Crippen LogP contribution in [0.5, 0.6) is 0 Å². The summed E-state index contributed by atoms with van der Waals surface area (Å²) >= 11 is 0. The van der Waals surface area contributed by atoms with E-state index in [1.807, 2.05) is 6.07 Å². The molecule has 104 valence electrons. The number of hydrogen-bond acceptors (Lipinski definition) is 4. The summed E-state index contributed by atoms with van der Waals surface area (Å²) in [4.78, 5) is 5.20. The van der Waals surface area contributed by atoms with E-state index in [0.29, 0.717) is 0 Å². The van der Waals surface area contributed by atoms with Gasteiger partial charge in [-0.05, 0) is 12.1 Å². The van der Waals surface area contributed by atoms with Crippen molar-refractivity contribution in [3.63, 3.8) is 0 Å². The number of nitrogens with zero attached hydrogens (tertiary/aromatic N) is 3. The number of nitriles is 1. The van der Waals surface area contributed by atoms with Crippen LogP contribution in [0.15, 0.2) is 18.3 Å². The molecule has 0 aliphatic heterocycles. The molecule has 1 aromatic heterocycles. The largest absolute Gasteiger partial charge is 0.419 e. The zero-order chi connectivity index (χ0) is 14.3. The molecule has 1 rings (SSSR count). The van der Waals surface area contributed by atoms with Gasteiger partial charge in [-0.3, -0.25) is 0 Å². The second-order valence-electron chi connectivity index (χ2n) is 3.76. The van der Waals surface area contributed by atoms with Crippen LogP contribution in [0.4, 0.5) is 19.0 Å². The number of ether oxygens (including phenoxy) is 1. The van der Waals surface area contributed by atoms with Gasteiger partial charge in [-0.1, -0.05) is 0 Å². The smallest absolute Gasteiger partial charge is 0.383 e. The molecule has 0 aromatic carbocycles. The van der Waals surface area contributed by atoms with Crippen LogP contribution in [0.25, 0.3) is 0 Å². The van der Waals surface area contributed by atoms with E-state index in [1.54, 1.807) is 0 Å². The van der Waals surface area contributed by atoms with Crippen molar-refractivity contribution < 1.29 is 17.9 Å². The van der Waals surface area contributed by atoms with Crippen LogP contribution in [0.3, 0.4) is 0 Å². The molecule has 0 bridgehead atoms. The molecule has 0 atom stereocenters. The third-order valence-electron chi connectivity index (χ3n) is 2.45. The van der Waals surface area contributed by atoms with Gasteiger partial charge >= 0.3 is 6.18 Å². The van der Waals surface area contributed by atoms with E-state index in [4.69, 9.17) is 10.00 Å². The van der Waals surface area contributed by atoms with E-state index >= 15 is 0 Å². The number of methoxy groups -OCH3 is 1. The van der Waals surface area contributed by atoms with Crippen molar-refractivity contribution in [3.05, 3.63) is 23.9 Å². The lowest BCUT2D eigenvalue weighted by Crippen LogP contribution is -2.31. The number of rotatable bonds is 6. The molecule has 0 aliphatic carbocycles. The monoisotopic (exact) mass is 273 g/mol. The van der Waals surface area contributed by atoms with Gasteiger partial charge in [0, 0.05) is 26.4 Å². The summed E-state index contributed by atoms with van der Waals surface area (Å²) in [5.41, 5.74) is -0.802. The number of pyridine rings is 1. The van der Waals surface area contributed by atoms with E-state index in [2.05, 4.69) is 4.98 Å². The molecule has 1 aromatic rings. The maximum absolute atomic E-state index is 12.9. The topological polar surface area (TPSA) is 49.1 Å². The lowest BCUT2D eigenvalue weighted by atomic mass is 10.2. The third-order valence-corrected chi connectivity index (χ3v) is 2.45. The number of anilines is 1. The van der Waals surface area contributed by atoms with Crippen molar-refractivity contribution in [3.8, 4) is 6.07 Å². The van der Waals surface area contributed by atoms with E-state index in [0.717, 1.165) is 6.07 Å². The van der Waals surface area contributed by atoms with E-state index in [1.165, 1.54) is 24.3 Å². The van der Waals surface area contributed by atoms with E-state index < -0.39 is 11.7 Å². The van der Waals surface area contributed by atoms with Crippen LogP contribution >= 0.6 is 0 Å². The summed E-state index contributed by atoms with van der Waals surface area (Å²) in [5, 5.41) is 8.57. The fourth-order valence-corrected chi connectivity index (χ4v) is 1.58. The van der Waals surface area contributed by atoms with Gasteiger partial charge in [-0.2, -0.15) is 18.4 Å². The van der Waals surface area contributed by atoms with Gasteiger partial charge in [0.15, 0.2) is 0 Å². The quantitative estimate of drug-likeness (QED) is 0.799. The molecular formula is C12H14F3N3O. The Morgan fingerprint density at radius 1 is 1.42 bits per heavy atom. The van der Waals surface area contributed by atoms with E-state index in [9.17, 15) is 13.2 Å². The van der Waals surface area contributed by atoms with Gasteiger partial charge in [0.25, 0.3) is 0 Å². The van der Waals surface area contributed by atoms with Crippen LogP contribution in [0.2, 0.25) is 0 Å². The minimum atomic E-state index is -4.47. The SMILES string of the molecule is COCCN(CCC#N)c1ncccc1C(F)(F)F. The van der Waals surface area contributed by atoms with Gasteiger partial charge in [0.2, 0.25) is 0 Å². The van der Waals surface area contributed by atoms with Crippen molar-refractivity contribution in [1.82, 2.24) is 4.98 Å². The van der Waals surface area contributed by atoms with Crippen molar-refractivity contribution in [2.45, 2.75) is 12.6 Å². The standard InChI is InChI=1S/C12H14F3N3O/c1-19-9-8-18(7-3-5-16)11-10(12(13,14)15)4-2-6-17-11/h2,4,6H,3,7-9H2,1H3. The Labute approximate surface area is 109 Å². The Bertz CT molecular complexity index is 443. The predicted molar refractivity (Wildman–Crippen MR) is 63.6 cm³/mol. The van der Waals surface area contributed by atoms with Gasteiger partial charge in [-0.25, -0.2) is 4.98 Å². The molecule has 1 heterocycles. The normalized spacial score (nSPS) is 11.1. The maximum atomic E-state index is 12.9. The van der Waals surface area contributed by atoms with Crippen LogP contribution in [-0.2, 0) is 10.9 Å². The summed E-state index contributed by atoms with van der Waals surface area (Å²) in [6.07, 6.45) is -3.05. The number of aromatic nitrogens is 1. The first-order valence-electron chi connectivity index (χ1n) is 5.63. The van der Waals surface area contributed by atoms with Crippen LogP contribution in [0.1, 0.15) is 12.0 Å². The highest BCUT2D eigenvalue weighted by Crippen LogP contribution is 2.35. The summed E-state index contributed by atoms with van der Waals surface area (Å²) in [7, 11) is 1.46. The molecular weight excluding hydrogens is 259 g/mol. The van der Waals surface area contributed by atoms with E-state index in [-0.39, 0.29) is 31.9 Å². The Kier molecular flexibility index (Phi) is 5.57. The second-order valence-corrected chi connectivity index (χ2v) is 3.76. The minimum absolute atomic E-state index is 0.123. The summed E-state index contributed by atoms with van der Waals surface area (Å²) in [5.74, 6) is -0.165. The van der Waals surface area contributed by atoms with Crippen molar-refractivity contribution in [2.24, 2.45) is 0 Å². The molecule has 0 fully saturated rings. The van der Waals surface area contributed by atoms with Crippen LogP contribution in [0, 0.1) is 11.3 Å². The third kappa shape index (κ3) is 4.41. The Morgan fingerprint density at radius 3 is 2.74 bits per heavy atom. The molecule has 0 radical (unpaired) electrons. The van der Waals surface area contributed by atoms with Gasteiger partial charge in [0.1, 0.15) is 5.82 Å². The van der Waals surface area contributed by atoms with Crippen LogP contribution in [-0.4, -0.2) is 31.8 Å². The molecule has 0 aliphatic rings. The minimum Gasteiger partial charge on any atom is -0.383 e. The van der Waals surface area contributed by atoms with Crippen molar-refractivity contribution in [2.75, 3.05) is 31.7 Å². The summed E-state index contributed by atoms with van der Waals surface area (Å²) in [6, 6.07) is 4.13. The van der Waals surface area contributed by atoms with Crippen molar-refractivity contribution >= 4 is 5.82 Å². The highest BCUT2D eigenvalue weighted by molar-refractivity contribution is 5.48. The lowest BCUT2D eigenvalue weighted by Gasteiger charge is -2.25. The average Bonchev–Trinajstić information content (AvgIpc) is 2.38. The first-order chi connectivity index (χ1) is 9.00. The Morgan fingerprint density at radius 2 is 2.16 bits per heavy atom. The van der Waals surface area contributed by atoms with Gasteiger partial charge in [0.05, 0.1) is 24.7 Å². The van der Waals surface area contributed by atoms with Crippen molar-refractivity contribution in [1.29, 1.82) is 5.26 Å². The predicted octanol–water partition coefficient (Wildman–Crippen LogP) is 2.47. The summed E-state index contributed by atoms with van der Waals surface area (Å²) < 4.78 is 43.5. The Balaban J connectivity index is 3.04. The number of halogens is 3. The number of alkyl halides is 3. The molecule has 4 nitrogen and oxygen atoms in total. The highest BCUT2D eigenvalue weighted by atomic mass is 19.4. The average molecular weight is 273 g/mol. The molecule has 19 heavy (non-hydrogen) atoms. The Hall–Kier alpha value is -1.81. The second kappa shape index (κ2) is 6.95. The highest BCUT2D eigenvalue weighted by Gasteiger charge is 2.35. The molecule has 0 saturated heterocycles. The molecule has 0 spiro atoms. The zero-order valence-corrected chi connectivity index (χ0v) is 10.4. The zero-order valence-electron chi connectivity index (χ0n) is 10.4. The lowest BCUT2D eigenvalue weighted by molar-refractivity contribution is -0.137. The molecule has 0 N–H and O–H groups in total. The first-order valence-corrected chi connectivity index (χ1v) is 5.63. The van der Waals surface area contributed by atoms with Gasteiger partial charge < -0.3 is 9.64 Å². The number of hydrogen-bond donors (Lipinski definition) is 0. The van der Waals surface area contributed by atoms with Crippen LogP contribution < -0.4 is 4.90 Å². The molecule has 7 heteroatoms. The fraction of sp³-hybridized carbons (Fsp3) is 0.500.